The highest BCUT2D eigenvalue weighted by atomic mass is 15.3. The minimum atomic E-state index is 0.381. The van der Waals surface area contributed by atoms with E-state index in [9.17, 15) is 0 Å². The highest BCUT2D eigenvalue weighted by Crippen LogP contribution is 2.41. The Morgan fingerprint density at radius 3 is 2.43 bits per heavy atom. The van der Waals surface area contributed by atoms with Crippen LogP contribution in [0.5, 0.6) is 0 Å². The second-order valence-electron chi connectivity index (χ2n) is 5.35. The molecule has 2 nitrogen and oxygen atoms in total. The van der Waals surface area contributed by atoms with Gasteiger partial charge in [-0.05, 0) is 33.1 Å². The van der Waals surface area contributed by atoms with Crippen LogP contribution < -0.4 is 5.73 Å². The van der Waals surface area contributed by atoms with Gasteiger partial charge in [-0.3, -0.25) is 4.90 Å². The predicted molar refractivity (Wildman–Crippen MR) is 60.3 cm³/mol. The zero-order chi connectivity index (χ0) is 10.2. The Hall–Kier alpha value is -0.0800. The van der Waals surface area contributed by atoms with Crippen molar-refractivity contribution in [1.82, 2.24) is 4.90 Å². The van der Waals surface area contributed by atoms with Crippen molar-refractivity contribution in [3.05, 3.63) is 0 Å². The summed E-state index contributed by atoms with van der Waals surface area (Å²) in [5.74, 6) is 0. The van der Waals surface area contributed by atoms with Crippen LogP contribution in [-0.4, -0.2) is 29.1 Å². The molecule has 2 aliphatic rings. The highest BCUT2D eigenvalue weighted by Gasteiger charge is 2.47. The Kier molecular flexibility index (Phi) is 2.85. The second kappa shape index (κ2) is 3.82. The third-order valence-electron chi connectivity index (χ3n) is 4.29. The Morgan fingerprint density at radius 1 is 1.21 bits per heavy atom. The maximum absolute atomic E-state index is 6.33. The molecule has 1 aliphatic carbocycles. The summed E-state index contributed by atoms with van der Waals surface area (Å²) in [5.41, 5.74) is 6.71. The second-order valence-corrected chi connectivity index (χ2v) is 5.35. The Morgan fingerprint density at radius 2 is 1.86 bits per heavy atom. The molecule has 1 saturated heterocycles. The standard InChI is InChI=1S/C12H24N2/c1-10(2)14-9-6-11(13)12(14)7-4-3-5-8-12/h10-11H,3-9,13H2,1-2H3. The molecule has 0 bridgehead atoms. The van der Waals surface area contributed by atoms with E-state index in [2.05, 4.69) is 18.7 Å². The van der Waals surface area contributed by atoms with E-state index in [0.717, 1.165) is 0 Å². The van der Waals surface area contributed by atoms with E-state index in [4.69, 9.17) is 5.73 Å². The maximum atomic E-state index is 6.33. The van der Waals surface area contributed by atoms with Gasteiger partial charge in [0.2, 0.25) is 0 Å². The number of nitrogens with zero attached hydrogens (tertiary/aromatic N) is 1. The molecule has 1 spiro atoms. The van der Waals surface area contributed by atoms with Crippen molar-refractivity contribution in [3.63, 3.8) is 0 Å². The summed E-state index contributed by atoms with van der Waals surface area (Å²) in [6, 6.07) is 1.10. The van der Waals surface area contributed by atoms with E-state index in [1.54, 1.807) is 0 Å². The van der Waals surface area contributed by atoms with Crippen molar-refractivity contribution in [3.8, 4) is 0 Å². The minimum Gasteiger partial charge on any atom is -0.326 e. The first-order valence-electron chi connectivity index (χ1n) is 6.19. The number of rotatable bonds is 1. The van der Waals surface area contributed by atoms with E-state index >= 15 is 0 Å². The average molecular weight is 196 g/mol. The van der Waals surface area contributed by atoms with Gasteiger partial charge in [0, 0.05) is 24.2 Å². The molecule has 2 N–H and O–H groups in total. The van der Waals surface area contributed by atoms with Gasteiger partial charge in [-0.15, -0.1) is 0 Å². The van der Waals surface area contributed by atoms with Gasteiger partial charge < -0.3 is 5.73 Å². The van der Waals surface area contributed by atoms with Gasteiger partial charge in [-0.2, -0.15) is 0 Å². The molecule has 0 radical (unpaired) electrons. The zero-order valence-electron chi connectivity index (χ0n) is 9.63. The molecule has 0 aromatic heterocycles. The molecule has 0 aromatic carbocycles. The smallest absolute Gasteiger partial charge is 0.0363 e. The van der Waals surface area contributed by atoms with Gasteiger partial charge in [-0.1, -0.05) is 19.3 Å². The first-order valence-corrected chi connectivity index (χ1v) is 6.19. The Bertz CT molecular complexity index is 194. The van der Waals surface area contributed by atoms with Crippen LogP contribution in [0.25, 0.3) is 0 Å². The van der Waals surface area contributed by atoms with Gasteiger partial charge >= 0.3 is 0 Å². The predicted octanol–water partition coefficient (Wildman–Crippen LogP) is 2.13. The molecule has 2 rings (SSSR count). The lowest BCUT2D eigenvalue weighted by Gasteiger charge is -2.46. The first kappa shape index (κ1) is 10.4. The summed E-state index contributed by atoms with van der Waals surface area (Å²) in [7, 11) is 0. The molecular weight excluding hydrogens is 172 g/mol. The maximum Gasteiger partial charge on any atom is 0.0363 e. The molecule has 1 atom stereocenters. The molecule has 2 fully saturated rings. The van der Waals surface area contributed by atoms with Crippen molar-refractivity contribution >= 4 is 0 Å². The van der Waals surface area contributed by atoms with Gasteiger partial charge in [0.1, 0.15) is 0 Å². The van der Waals surface area contributed by atoms with Crippen molar-refractivity contribution in [2.24, 2.45) is 5.73 Å². The van der Waals surface area contributed by atoms with Crippen molar-refractivity contribution in [1.29, 1.82) is 0 Å². The minimum absolute atomic E-state index is 0.381. The lowest BCUT2D eigenvalue weighted by atomic mass is 9.76. The third kappa shape index (κ3) is 1.49. The molecule has 2 heteroatoms. The highest BCUT2D eigenvalue weighted by molar-refractivity contribution is 5.06. The fourth-order valence-electron chi connectivity index (χ4n) is 3.58. The molecule has 0 amide bonds. The normalized spacial score (nSPS) is 33.0. The van der Waals surface area contributed by atoms with Gasteiger partial charge in [0.25, 0.3) is 0 Å². The number of hydrogen-bond donors (Lipinski definition) is 1. The molecule has 1 unspecified atom stereocenters. The molecule has 82 valence electrons. The van der Waals surface area contributed by atoms with Crippen LogP contribution in [0, 0.1) is 0 Å². The third-order valence-corrected chi connectivity index (χ3v) is 4.29. The average Bonchev–Trinajstić information content (AvgIpc) is 2.46. The van der Waals surface area contributed by atoms with E-state index < -0.39 is 0 Å². The molecule has 1 aliphatic heterocycles. The van der Waals surface area contributed by atoms with Crippen LogP contribution in [0.2, 0.25) is 0 Å². The molecular formula is C12H24N2. The number of hydrogen-bond acceptors (Lipinski definition) is 2. The van der Waals surface area contributed by atoms with E-state index in [0.29, 0.717) is 17.6 Å². The van der Waals surface area contributed by atoms with Crippen LogP contribution in [0.4, 0.5) is 0 Å². The number of nitrogens with two attached hydrogens (primary N) is 1. The van der Waals surface area contributed by atoms with Crippen LogP contribution in [0.3, 0.4) is 0 Å². The Balaban J connectivity index is 2.18. The first-order chi connectivity index (χ1) is 6.67. The number of likely N-dealkylation sites (tertiary alicyclic amines) is 1. The van der Waals surface area contributed by atoms with Crippen LogP contribution >= 0.6 is 0 Å². The molecule has 0 aromatic rings. The van der Waals surface area contributed by atoms with Crippen molar-refractivity contribution in [2.45, 2.75) is 70.0 Å². The summed E-state index contributed by atoms with van der Waals surface area (Å²) in [4.78, 5) is 2.68. The zero-order valence-corrected chi connectivity index (χ0v) is 9.63. The fraction of sp³-hybridized carbons (Fsp3) is 1.00. The monoisotopic (exact) mass is 196 g/mol. The van der Waals surface area contributed by atoms with E-state index in [-0.39, 0.29) is 0 Å². The fourth-order valence-corrected chi connectivity index (χ4v) is 3.58. The quantitative estimate of drug-likeness (QED) is 0.696. The lowest BCUT2D eigenvalue weighted by Crippen LogP contribution is -2.56. The summed E-state index contributed by atoms with van der Waals surface area (Å²) >= 11 is 0. The van der Waals surface area contributed by atoms with Crippen molar-refractivity contribution in [2.75, 3.05) is 6.54 Å². The summed E-state index contributed by atoms with van der Waals surface area (Å²) < 4.78 is 0. The molecule has 1 heterocycles. The van der Waals surface area contributed by atoms with Crippen molar-refractivity contribution < 1.29 is 0 Å². The molecule has 14 heavy (non-hydrogen) atoms. The molecule has 1 saturated carbocycles. The lowest BCUT2D eigenvalue weighted by molar-refractivity contribution is 0.0548. The van der Waals surface area contributed by atoms with E-state index in [1.165, 1.54) is 45.1 Å². The summed E-state index contributed by atoms with van der Waals surface area (Å²) in [6.45, 7) is 5.85. The van der Waals surface area contributed by atoms with E-state index in [1.807, 2.05) is 0 Å². The van der Waals surface area contributed by atoms with Gasteiger partial charge in [0.15, 0.2) is 0 Å². The van der Waals surface area contributed by atoms with Gasteiger partial charge in [0.05, 0.1) is 0 Å². The topological polar surface area (TPSA) is 29.3 Å². The van der Waals surface area contributed by atoms with Crippen LogP contribution in [-0.2, 0) is 0 Å². The SMILES string of the molecule is CC(C)N1CCC(N)C12CCCCC2. The summed E-state index contributed by atoms with van der Waals surface area (Å²) in [5, 5.41) is 0. The largest absolute Gasteiger partial charge is 0.326 e. The van der Waals surface area contributed by atoms with Gasteiger partial charge in [-0.25, -0.2) is 0 Å². The summed E-state index contributed by atoms with van der Waals surface area (Å²) in [6.07, 6.45) is 8.07. The Labute approximate surface area is 87.8 Å². The van der Waals surface area contributed by atoms with Crippen LogP contribution in [0.1, 0.15) is 52.4 Å². The van der Waals surface area contributed by atoms with Crippen LogP contribution in [0.15, 0.2) is 0 Å².